The van der Waals surface area contributed by atoms with E-state index in [-0.39, 0.29) is 6.04 Å². The van der Waals surface area contributed by atoms with Gasteiger partial charge in [0.2, 0.25) is 0 Å². The predicted molar refractivity (Wildman–Crippen MR) is 102 cm³/mol. The first-order valence-corrected chi connectivity index (χ1v) is 8.79. The highest BCUT2D eigenvalue weighted by Crippen LogP contribution is 2.29. The Labute approximate surface area is 156 Å². The molecule has 25 heavy (non-hydrogen) atoms. The third-order valence-corrected chi connectivity index (χ3v) is 4.57. The number of nitrogens with zero attached hydrogens (tertiary/aromatic N) is 3. The van der Waals surface area contributed by atoms with Crippen molar-refractivity contribution in [1.82, 2.24) is 20.1 Å². The lowest BCUT2D eigenvalue weighted by Crippen LogP contribution is -2.24. The van der Waals surface area contributed by atoms with Gasteiger partial charge in [-0.05, 0) is 37.6 Å². The lowest BCUT2D eigenvalue weighted by atomic mass is 10.2. The lowest BCUT2D eigenvalue weighted by molar-refractivity contribution is 0.414. The Morgan fingerprint density at radius 1 is 1.24 bits per heavy atom. The first kappa shape index (κ1) is 18.0. The topological polar surface area (TPSA) is 52.0 Å². The number of ether oxygens (including phenoxy) is 1. The van der Waals surface area contributed by atoms with Crippen molar-refractivity contribution >= 4 is 34.2 Å². The summed E-state index contributed by atoms with van der Waals surface area (Å²) in [5.74, 6) is 0.858. The highest BCUT2D eigenvalue weighted by atomic mass is 35.5. The van der Waals surface area contributed by atoms with Crippen molar-refractivity contribution in [3.8, 4) is 5.75 Å². The van der Waals surface area contributed by atoms with E-state index in [0.29, 0.717) is 10.2 Å². The standard InChI is InChI=1S/C18H20Cl2N4O/c1-11(9-21-10-13-4-6-14(25-3)7-5-13)24-18-15(19)8-16(20)22-17(18)12(2)23-24/h4-8,11,21H,9-10H2,1-3H3. The molecule has 5 nitrogen and oxygen atoms in total. The quantitative estimate of drug-likeness (QED) is 0.645. The molecule has 0 saturated carbocycles. The zero-order valence-electron chi connectivity index (χ0n) is 14.4. The van der Waals surface area contributed by atoms with Gasteiger partial charge in [0.15, 0.2) is 0 Å². The fourth-order valence-electron chi connectivity index (χ4n) is 2.78. The molecule has 1 N–H and O–H groups in total. The average molecular weight is 379 g/mol. The molecule has 1 unspecified atom stereocenters. The largest absolute Gasteiger partial charge is 0.497 e. The van der Waals surface area contributed by atoms with Gasteiger partial charge >= 0.3 is 0 Å². The molecule has 3 rings (SSSR count). The van der Waals surface area contributed by atoms with Gasteiger partial charge in [0, 0.05) is 13.1 Å². The van der Waals surface area contributed by atoms with Crippen LogP contribution in [0, 0.1) is 6.92 Å². The summed E-state index contributed by atoms with van der Waals surface area (Å²) in [4.78, 5) is 4.35. The van der Waals surface area contributed by atoms with Crippen LogP contribution in [0.3, 0.4) is 0 Å². The van der Waals surface area contributed by atoms with Gasteiger partial charge in [0.25, 0.3) is 0 Å². The first-order valence-electron chi connectivity index (χ1n) is 8.04. The molecule has 2 heterocycles. The van der Waals surface area contributed by atoms with Gasteiger partial charge in [-0.3, -0.25) is 4.68 Å². The minimum Gasteiger partial charge on any atom is -0.497 e. The Bertz CT molecular complexity index is 877. The molecule has 0 spiro atoms. The van der Waals surface area contributed by atoms with E-state index in [1.54, 1.807) is 13.2 Å². The average Bonchev–Trinajstić information content (AvgIpc) is 2.92. The summed E-state index contributed by atoms with van der Waals surface area (Å²) in [6.45, 7) is 5.53. The number of aromatic nitrogens is 3. The number of benzene rings is 1. The van der Waals surface area contributed by atoms with Crippen LogP contribution >= 0.6 is 23.2 Å². The molecule has 132 valence electrons. The van der Waals surface area contributed by atoms with E-state index in [9.17, 15) is 0 Å². The molecule has 0 aliphatic heterocycles. The fraction of sp³-hybridized carbons (Fsp3) is 0.333. The Balaban J connectivity index is 1.71. The summed E-state index contributed by atoms with van der Waals surface area (Å²) < 4.78 is 7.09. The minimum atomic E-state index is 0.120. The molecule has 0 radical (unpaired) electrons. The van der Waals surface area contributed by atoms with Gasteiger partial charge in [-0.2, -0.15) is 5.10 Å². The first-order chi connectivity index (χ1) is 12.0. The number of pyridine rings is 1. The van der Waals surface area contributed by atoms with E-state index in [1.807, 2.05) is 35.9 Å². The highest BCUT2D eigenvalue weighted by Gasteiger charge is 2.17. The van der Waals surface area contributed by atoms with E-state index in [1.165, 1.54) is 5.56 Å². The molecule has 0 bridgehead atoms. The minimum absolute atomic E-state index is 0.120. The number of nitrogens with one attached hydrogen (secondary N) is 1. The number of hydrogen-bond acceptors (Lipinski definition) is 4. The number of fused-ring (bicyclic) bond motifs is 1. The lowest BCUT2D eigenvalue weighted by Gasteiger charge is -2.15. The van der Waals surface area contributed by atoms with Crippen LogP contribution in [0.2, 0.25) is 10.2 Å². The van der Waals surface area contributed by atoms with E-state index < -0.39 is 0 Å². The van der Waals surface area contributed by atoms with Gasteiger partial charge < -0.3 is 10.1 Å². The monoisotopic (exact) mass is 378 g/mol. The summed E-state index contributed by atoms with van der Waals surface area (Å²) in [5.41, 5.74) is 3.59. The molecule has 0 amide bonds. The van der Waals surface area contributed by atoms with Crippen molar-refractivity contribution in [3.63, 3.8) is 0 Å². The van der Waals surface area contributed by atoms with Crippen LogP contribution in [-0.2, 0) is 6.54 Å². The molecule has 7 heteroatoms. The molecule has 2 aromatic heterocycles. The van der Waals surface area contributed by atoms with Crippen LogP contribution in [-0.4, -0.2) is 28.4 Å². The zero-order valence-corrected chi connectivity index (χ0v) is 15.9. The third kappa shape index (κ3) is 3.89. The molecule has 0 aliphatic carbocycles. The van der Waals surface area contributed by atoms with Crippen LogP contribution < -0.4 is 10.1 Å². The van der Waals surface area contributed by atoms with Crippen LogP contribution in [0.1, 0.15) is 24.2 Å². The number of aryl methyl sites for hydroxylation is 1. The van der Waals surface area contributed by atoms with Gasteiger partial charge in [-0.15, -0.1) is 0 Å². The number of rotatable bonds is 6. The normalized spacial score (nSPS) is 12.5. The molecule has 0 saturated heterocycles. The smallest absolute Gasteiger partial charge is 0.131 e. The van der Waals surface area contributed by atoms with Gasteiger partial charge in [-0.1, -0.05) is 35.3 Å². The highest BCUT2D eigenvalue weighted by molar-refractivity contribution is 6.37. The summed E-state index contributed by atoms with van der Waals surface area (Å²) in [6, 6.07) is 9.79. The second-order valence-corrected chi connectivity index (χ2v) is 6.78. The Morgan fingerprint density at radius 2 is 1.96 bits per heavy atom. The number of methoxy groups -OCH3 is 1. The second kappa shape index (κ2) is 7.60. The fourth-order valence-corrected chi connectivity index (χ4v) is 3.31. The van der Waals surface area contributed by atoms with Crippen molar-refractivity contribution in [2.45, 2.75) is 26.4 Å². The summed E-state index contributed by atoms with van der Waals surface area (Å²) in [7, 11) is 1.67. The van der Waals surface area contributed by atoms with Crippen molar-refractivity contribution < 1.29 is 4.74 Å². The third-order valence-electron chi connectivity index (χ3n) is 4.09. The van der Waals surface area contributed by atoms with E-state index in [4.69, 9.17) is 27.9 Å². The van der Waals surface area contributed by atoms with E-state index in [0.717, 1.165) is 35.6 Å². The predicted octanol–water partition coefficient (Wildman–Crippen LogP) is 4.41. The molecule has 1 atom stereocenters. The molecular formula is C18H20Cl2N4O. The molecule has 3 aromatic rings. The summed E-state index contributed by atoms with van der Waals surface area (Å²) >= 11 is 12.4. The maximum Gasteiger partial charge on any atom is 0.131 e. The summed E-state index contributed by atoms with van der Waals surface area (Å²) in [5, 5.41) is 8.99. The van der Waals surface area contributed by atoms with Crippen LogP contribution in [0.5, 0.6) is 5.75 Å². The molecular weight excluding hydrogens is 359 g/mol. The van der Waals surface area contributed by atoms with E-state index >= 15 is 0 Å². The maximum atomic E-state index is 6.37. The Hall–Kier alpha value is -1.82. The molecule has 1 aromatic carbocycles. The van der Waals surface area contributed by atoms with Gasteiger partial charge in [-0.25, -0.2) is 4.98 Å². The Morgan fingerprint density at radius 3 is 2.64 bits per heavy atom. The van der Waals surface area contributed by atoms with Crippen LogP contribution in [0.25, 0.3) is 11.0 Å². The van der Waals surface area contributed by atoms with Crippen LogP contribution in [0.15, 0.2) is 30.3 Å². The Kier molecular flexibility index (Phi) is 5.47. The molecule has 0 aliphatic rings. The van der Waals surface area contributed by atoms with Crippen molar-refractivity contribution in [3.05, 3.63) is 51.8 Å². The van der Waals surface area contributed by atoms with Crippen molar-refractivity contribution in [2.24, 2.45) is 0 Å². The maximum absolute atomic E-state index is 6.37. The van der Waals surface area contributed by atoms with Gasteiger partial charge in [0.05, 0.1) is 23.9 Å². The van der Waals surface area contributed by atoms with Crippen molar-refractivity contribution in [1.29, 1.82) is 0 Å². The van der Waals surface area contributed by atoms with Gasteiger partial charge in [0.1, 0.15) is 21.9 Å². The second-order valence-electron chi connectivity index (χ2n) is 5.98. The molecule has 0 fully saturated rings. The number of halogens is 2. The van der Waals surface area contributed by atoms with Crippen molar-refractivity contribution in [2.75, 3.05) is 13.7 Å². The zero-order chi connectivity index (χ0) is 18.0. The summed E-state index contributed by atoms with van der Waals surface area (Å²) in [6.07, 6.45) is 0. The van der Waals surface area contributed by atoms with E-state index in [2.05, 4.69) is 22.3 Å². The van der Waals surface area contributed by atoms with Crippen LogP contribution in [0.4, 0.5) is 0 Å². The SMILES string of the molecule is COc1ccc(CNCC(C)n2nc(C)c3nc(Cl)cc(Cl)c32)cc1. The number of hydrogen-bond donors (Lipinski definition) is 1.